The van der Waals surface area contributed by atoms with Gasteiger partial charge in [0.05, 0.1) is 5.69 Å². The molecule has 0 aliphatic heterocycles. The van der Waals surface area contributed by atoms with Gasteiger partial charge < -0.3 is 5.73 Å². The fraction of sp³-hybridized carbons (Fsp3) is 0.182. The molecule has 0 radical (unpaired) electrons. The van der Waals surface area contributed by atoms with E-state index in [9.17, 15) is 4.39 Å². The molecular formula is C11H12FN3. The summed E-state index contributed by atoms with van der Waals surface area (Å²) in [6, 6.07) is 6.79. The van der Waals surface area contributed by atoms with Gasteiger partial charge >= 0.3 is 0 Å². The molecule has 0 amide bonds. The second-order valence-electron chi connectivity index (χ2n) is 3.45. The van der Waals surface area contributed by atoms with Gasteiger partial charge in [-0.2, -0.15) is 5.10 Å². The third kappa shape index (κ3) is 1.89. The molecular weight excluding hydrogens is 193 g/mol. The van der Waals surface area contributed by atoms with E-state index >= 15 is 0 Å². The van der Waals surface area contributed by atoms with Gasteiger partial charge in [0, 0.05) is 17.8 Å². The molecule has 1 heterocycles. The van der Waals surface area contributed by atoms with Crippen LogP contribution in [0.3, 0.4) is 0 Å². The molecule has 0 unspecified atom stereocenters. The third-order valence-electron chi connectivity index (χ3n) is 2.30. The molecule has 78 valence electrons. The number of rotatable bonds is 2. The SMILES string of the molecule is Cc1cc(-c2cc(CN)[nH]n2)ccc1F. The Balaban J connectivity index is 2.40. The third-order valence-corrected chi connectivity index (χ3v) is 2.30. The van der Waals surface area contributed by atoms with E-state index in [0.29, 0.717) is 12.1 Å². The van der Waals surface area contributed by atoms with Crippen LogP contribution in [0, 0.1) is 12.7 Å². The summed E-state index contributed by atoms with van der Waals surface area (Å²) < 4.78 is 13.0. The van der Waals surface area contributed by atoms with Crippen molar-refractivity contribution in [1.82, 2.24) is 10.2 Å². The molecule has 0 aliphatic carbocycles. The number of nitrogens with zero attached hydrogens (tertiary/aromatic N) is 1. The van der Waals surface area contributed by atoms with Gasteiger partial charge in [0.2, 0.25) is 0 Å². The predicted molar refractivity (Wildman–Crippen MR) is 56.6 cm³/mol. The molecule has 0 spiro atoms. The summed E-state index contributed by atoms with van der Waals surface area (Å²) in [6.45, 7) is 2.16. The van der Waals surface area contributed by atoms with Crippen molar-refractivity contribution in [3.05, 3.63) is 41.3 Å². The van der Waals surface area contributed by atoms with E-state index in [-0.39, 0.29) is 5.82 Å². The zero-order valence-electron chi connectivity index (χ0n) is 8.42. The van der Waals surface area contributed by atoms with Crippen LogP contribution in [0.2, 0.25) is 0 Å². The Morgan fingerprint density at radius 1 is 1.40 bits per heavy atom. The minimum Gasteiger partial charge on any atom is -0.325 e. The van der Waals surface area contributed by atoms with Crippen LogP contribution in [0.15, 0.2) is 24.3 Å². The minimum absolute atomic E-state index is 0.201. The van der Waals surface area contributed by atoms with Crippen LogP contribution in [0.5, 0.6) is 0 Å². The number of aryl methyl sites for hydroxylation is 1. The van der Waals surface area contributed by atoms with E-state index in [1.807, 2.05) is 6.07 Å². The maximum atomic E-state index is 13.0. The first-order chi connectivity index (χ1) is 7.20. The summed E-state index contributed by atoms with van der Waals surface area (Å²) in [7, 11) is 0. The van der Waals surface area contributed by atoms with Crippen molar-refractivity contribution >= 4 is 0 Å². The highest BCUT2D eigenvalue weighted by atomic mass is 19.1. The van der Waals surface area contributed by atoms with Crippen LogP contribution >= 0.6 is 0 Å². The number of benzene rings is 1. The van der Waals surface area contributed by atoms with Crippen LogP contribution in [-0.2, 0) is 6.54 Å². The number of aromatic nitrogens is 2. The van der Waals surface area contributed by atoms with E-state index in [0.717, 1.165) is 17.0 Å². The molecule has 1 aromatic carbocycles. The number of nitrogens with one attached hydrogen (secondary N) is 1. The van der Waals surface area contributed by atoms with Gasteiger partial charge in [-0.3, -0.25) is 5.10 Å². The van der Waals surface area contributed by atoms with Crippen molar-refractivity contribution < 1.29 is 4.39 Å². The maximum Gasteiger partial charge on any atom is 0.126 e. The highest BCUT2D eigenvalue weighted by Crippen LogP contribution is 2.20. The Bertz CT molecular complexity index is 476. The molecule has 0 saturated carbocycles. The summed E-state index contributed by atoms with van der Waals surface area (Å²) in [5.74, 6) is -0.201. The molecule has 4 heteroatoms. The zero-order valence-corrected chi connectivity index (χ0v) is 8.42. The molecule has 0 atom stereocenters. The molecule has 0 saturated heterocycles. The van der Waals surface area contributed by atoms with Crippen molar-refractivity contribution in [3.63, 3.8) is 0 Å². The van der Waals surface area contributed by atoms with Gasteiger partial charge in [-0.05, 0) is 36.8 Å². The van der Waals surface area contributed by atoms with Crippen LogP contribution in [0.4, 0.5) is 4.39 Å². The predicted octanol–water partition coefficient (Wildman–Crippen LogP) is 1.98. The Morgan fingerprint density at radius 2 is 2.20 bits per heavy atom. The minimum atomic E-state index is -0.201. The van der Waals surface area contributed by atoms with Gasteiger partial charge in [0.1, 0.15) is 5.82 Å². The fourth-order valence-electron chi connectivity index (χ4n) is 1.42. The number of hydrogen-bond donors (Lipinski definition) is 2. The van der Waals surface area contributed by atoms with Gasteiger partial charge in [-0.25, -0.2) is 4.39 Å². The average Bonchev–Trinajstić information content (AvgIpc) is 2.70. The lowest BCUT2D eigenvalue weighted by molar-refractivity contribution is 0.619. The maximum absolute atomic E-state index is 13.0. The molecule has 0 fully saturated rings. The number of halogens is 1. The Hall–Kier alpha value is -1.68. The quantitative estimate of drug-likeness (QED) is 0.787. The first-order valence-corrected chi connectivity index (χ1v) is 4.71. The zero-order chi connectivity index (χ0) is 10.8. The van der Waals surface area contributed by atoms with Crippen molar-refractivity contribution in [3.8, 4) is 11.3 Å². The Labute approximate surface area is 87.1 Å². The van der Waals surface area contributed by atoms with Crippen LogP contribution in [0.1, 0.15) is 11.3 Å². The number of aromatic amines is 1. The molecule has 2 rings (SSSR count). The first-order valence-electron chi connectivity index (χ1n) is 4.71. The largest absolute Gasteiger partial charge is 0.325 e. The summed E-state index contributed by atoms with van der Waals surface area (Å²) in [4.78, 5) is 0. The molecule has 3 N–H and O–H groups in total. The van der Waals surface area contributed by atoms with E-state index in [1.165, 1.54) is 6.07 Å². The van der Waals surface area contributed by atoms with Crippen molar-refractivity contribution in [1.29, 1.82) is 0 Å². The van der Waals surface area contributed by atoms with E-state index in [1.54, 1.807) is 19.1 Å². The van der Waals surface area contributed by atoms with E-state index < -0.39 is 0 Å². The highest BCUT2D eigenvalue weighted by molar-refractivity contribution is 5.60. The molecule has 2 aromatic rings. The van der Waals surface area contributed by atoms with E-state index in [4.69, 9.17) is 5.73 Å². The van der Waals surface area contributed by atoms with Crippen LogP contribution < -0.4 is 5.73 Å². The lowest BCUT2D eigenvalue weighted by atomic mass is 10.1. The average molecular weight is 205 g/mol. The van der Waals surface area contributed by atoms with Gasteiger partial charge in [-0.15, -0.1) is 0 Å². The summed E-state index contributed by atoms with van der Waals surface area (Å²) in [6.07, 6.45) is 0. The second kappa shape index (κ2) is 3.82. The van der Waals surface area contributed by atoms with Gasteiger partial charge in [0.25, 0.3) is 0 Å². The monoisotopic (exact) mass is 205 g/mol. The highest BCUT2D eigenvalue weighted by Gasteiger charge is 2.05. The summed E-state index contributed by atoms with van der Waals surface area (Å²) >= 11 is 0. The fourth-order valence-corrected chi connectivity index (χ4v) is 1.42. The molecule has 0 aliphatic rings. The normalized spacial score (nSPS) is 10.6. The Kier molecular flexibility index (Phi) is 2.51. The lowest BCUT2D eigenvalue weighted by Gasteiger charge is -1.99. The molecule has 0 bridgehead atoms. The van der Waals surface area contributed by atoms with E-state index in [2.05, 4.69) is 10.2 Å². The summed E-state index contributed by atoms with van der Waals surface area (Å²) in [5, 5.41) is 6.92. The molecule has 3 nitrogen and oxygen atoms in total. The Morgan fingerprint density at radius 3 is 2.80 bits per heavy atom. The number of hydrogen-bond acceptors (Lipinski definition) is 2. The smallest absolute Gasteiger partial charge is 0.126 e. The molecule has 15 heavy (non-hydrogen) atoms. The standard InChI is InChI=1S/C11H12FN3/c1-7-4-8(2-3-10(7)12)11-5-9(6-13)14-15-11/h2-5H,6,13H2,1H3,(H,14,15). The second-order valence-corrected chi connectivity index (χ2v) is 3.45. The molecule has 1 aromatic heterocycles. The number of nitrogens with two attached hydrogens (primary N) is 1. The van der Waals surface area contributed by atoms with Crippen molar-refractivity contribution in [2.45, 2.75) is 13.5 Å². The van der Waals surface area contributed by atoms with Crippen molar-refractivity contribution in [2.75, 3.05) is 0 Å². The summed E-state index contributed by atoms with van der Waals surface area (Å²) in [5.41, 5.74) is 8.63. The van der Waals surface area contributed by atoms with Gasteiger partial charge in [-0.1, -0.05) is 0 Å². The van der Waals surface area contributed by atoms with Crippen LogP contribution in [-0.4, -0.2) is 10.2 Å². The number of H-pyrrole nitrogens is 1. The van der Waals surface area contributed by atoms with Crippen LogP contribution in [0.25, 0.3) is 11.3 Å². The van der Waals surface area contributed by atoms with Gasteiger partial charge in [0.15, 0.2) is 0 Å². The van der Waals surface area contributed by atoms with Crippen molar-refractivity contribution in [2.24, 2.45) is 5.73 Å². The first kappa shape index (κ1) is 9.86. The lowest BCUT2D eigenvalue weighted by Crippen LogP contribution is -1.95. The topological polar surface area (TPSA) is 54.7 Å².